The van der Waals surface area contributed by atoms with Crippen LogP contribution in [0.4, 0.5) is 5.69 Å². The highest BCUT2D eigenvalue weighted by Gasteiger charge is 2.29. The smallest absolute Gasteiger partial charge is 0.0503 e. The van der Waals surface area contributed by atoms with E-state index in [2.05, 4.69) is 31.8 Å². The number of fused-ring (bicyclic) bond motifs is 1. The van der Waals surface area contributed by atoms with Gasteiger partial charge in [-0.2, -0.15) is 0 Å². The maximum Gasteiger partial charge on any atom is 0.0503 e. The lowest BCUT2D eigenvalue weighted by atomic mass is 9.71. The molecule has 2 rings (SSSR count). The molecule has 1 aromatic rings. The second-order valence-electron chi connectivity index (χ2n) is 5.68. The normalized spacial score (nSPS) is 21.1. The molecule has 1 unspecified atom stereocenters. The van der Waals surface area contributed by atoms with Gasteiger partial charge in [0.25, 0.3) is 0 Å². The minimum Gasteiger partial charge on any atom is -0.397 e. The van der Waals surface area contributed by atoms with Crippen LogP contribution in [0.15, 0.2) is 12.3 Å². The minimum atomic E-state index is 0.391. The zero-order chi connectivity index (χ0) is 11.1. The first-order chi connectivity index (χ1) is 6.97. The molecule has 1 aliphatic carbocycles. The van der Waals surface area contributed by atoms with Crippen LogP contribution in [0.3, 0.4) is 0 Å². The Labute approximate surface area is 91.9 Å². The Morgan fingerprint density at radius 2 is 2.13 bits per heavy atom. The molecular weight excluding hydrogens is 184 g/mol. The summed E-state index contributed by atoms with van der Waals surface area (Å²) < 4.78 is 0. The Bertz CT molecular complexity index is 363. The number of pyridine rings is 1. The van der Waals surface area contributed by atoms with Crippen molar-refractivity contribution in [3.63, 3.8) is 0 Å². The molecule has 0 bridgehead atoms. The third kappa shape index (κ3) is 2.14. The van der Waals surface area contributed by atoms with Crippen LogP contribution in [0.5, 0.6) is 0 Å². The molecule has 0 aromatic carbocycles. The van der Waals surface area contributed by atoms with Crippen molar-refractivity contribution in [3.05, 3.63) is 23.5 Å². The molecule has 1 aliphatic rings. The van der Waals surface area contributed by atoms with Crippen molar-refractivity contribution in [1.29, 1.82) is 0 Å². The highest BCUT2D eigenvalue weighted by atomic mass is 14.7. The Kier molecular flexibility index (Phi) is 2.45. The van der Waals surface area contributed by atoms with E-state index in [1.807, 2.05) is 0 Å². The summed E-state index contributed by atoms with van der Waals surface area (Å²) in [5.41, 5.74) is 9.58. The molecule has 82 valence electrons. The van der Waals surface area contributed by atoms with Gasteiger partial charge in [-0.05, 0) is 42.2 Å². The van der Waals surface area contributed by atoms with Crippen LogP contribution >= 0.6 is 0 Å². The standard InChI is InChI=1S/C13H20N2/c1-13(2,3)10-4-5-12-9(6-10)7-11(14)8-15-12/h7-8,10H,4-6,14H2,1-3H3. The van der Waals surface area contributed by atoms with Crippen molar-refractivity contribution in [3.8, 4) is 0 Å². The highest BCUT2D eigenvalue weighted by molar-refractivity contribution is 5.41. The molecule has 1 aromatic heterocycles. The molecule has 15 heavy (non-hydrogen) atoms. The second-order valence-corrected chi connectivity index (χ2v) is 5.68. The van der Waals surface area contributed by atoms with Gasteiger partial charge < -0.3 is 5.73 Å². The third-order valence-corrected chi connectivity index (χ3v) is 3.50. The van der Waals surface area contributed by atoms with E-state index < -0.39 is 0 Å². The Morgan fingerprint density at radius 1 is 1.40 bits per heavy atom. The topological polar surface area (TPSA) is 38.9 Å². The summed E-state index contributed by atoms with van der Waals surface area (Å²) in [7, 11) is 0. The number of anilines is 1. The summed E-state index contributed by atoms with van der Waals surface area (Å²) in [5.74, 6) is 0.758. The summed E-state index contributed by atoms with van der Waals surface area (Å²) in [6, 6.07) is 2.10. The van der Waals surface area contributed by atoms with Crippen LogP contribution in [-0.4, -0.2) is 4.98 Å². The lowest BCUT2D eigenvalue weighted by Gasteiger charge is -2.34. The van der Waals surface area contributed by atoms with Crippen LogP contribution in [0, 0.1) is 11.3 Å². The highest BCUT2D eigenvalue weighted by Crippen LogP contribution is 2.36. The monoisotopic (exact) mass is 204 g/mol. The zero-order valence-electron chi connectivity index (χ0n) is 9.88. The van der Waals surface area contributed by atoms with Crippen molar-refractivity contribution in [2.45, 2.75) is 40.0 Å². The fourth-order valence-electron chi connectivity index (χ4n) is 2.38. The summed E-state index contributed by atoms with van der Waals surface area (Å²) in [6.45, 7) is 6.97. The molecular formula is C13H20N2. The molecule has 2 heteroatoms. The fourth-order valence-corrected chi connectivity index (χ4v) is 2.38. The Balaban J connectivity index is 2.26. The predicted octanol–water partition coefficient (Wildman–Crippen LogP) is 2.81. The molecule has 0 radical (unpaired) electrons. The maximum absolute atomic E-state index is 5.77. The van der Waals surface area contributed by atoms with Crippen molar-refractivity contribution >= 4 is 5.69 Å². The quantitative estimate of drug-likeness (QED) is 0.705. The lowest BCUT2D eigenvalue weighted by molar-refractivity contribution is 0.215. The van der Waals surface area contributed by atoms with Crippen molar-refractivity contribution < 1.29 is 0 Å². The number of aromatic nitrogens is 1. The fraction of sp³-hybridized carbons (Fsp3) is 0.615. The number of nitrogens with two attached hydrogens (primary N) is 1. The van der Waals surface area contributed by atoms with Crippen molar-refractivity contribution in [2.24, 2.45) is 11.3 Å². The number of hydrogen-bond acceptors (Lipinski definition) is 2. The van der Waals surface area contributed by atoms with E-state index in [0.29, 0.717) is 5.41 Å². The maximum atomic E-state index is 5.77. The molecule has 0 saturated carbocycles. The molecule has 0 fully saturated rings. The summed E-state index contributed by atoms with van der Waals surface area (Å²) in [5, 5.41) is 0. The zero-order valence-corrected chi connectivity index (χ0v) is 9.88. The average Bonchev–Trinajstić information content (AvgIpc) is 2.15. The van der Waals surface area contributed by atoms with Crippen LogP contribution < -0.4 is 5.73 Å². The van der Waals surface area contributed by atoms with Gasteiger partial charge in [0, 0.05) is 5.69 Å². The SMILES string of the molecule is CC(C)(C)C1CCc2ncc(N)cc2C1. The van der Waals surface area contributed by atoms with E-state index in [1.54, 1.807) is 6.20 Å². The van der Waals surface area contributed by atoms with E-state index in [0.717, 1.165) is 24.4 Å². The molecule has 2 nitrogen and oxygen atoms in total. The first kappa shape index (κ1) is 10.5. The molecule has 0 aliphatic heterocycles. The molecule has 0 saturated heterocycles. The van der Waals surface area contributed by atoms with Gasteiger partial charge in [-0.3, -0.25) is 4.98 Å². The molecule has 0 spiro atoms. The van der Waals surface area contributed by atoms with E-state index in [4.69, 9.17) is 5.73 Å². The lowest BCUT2D eigenvalue weighted by Crippen LogP contribution is -2.27. The number of aryl methyl sites for hydroxylation is 1. The Morgan fingerprint density at radius 3 is 2.80 bits per heavy atom. The Hall–Kier alpha value is -1.05. The molecule has 2 N–H and O–H groups in total. The molecule has 1 heterocycles. The van der Waals surface area contributed by atoms with Gasteiger partial charge in [0.15, 0.2) is 0 Å². The van der Waals surface area contributed by atoms with Gasteiger partial charge in [-0.25, -0.2) is 0 Å². The van der Waals surface area contributed by atoms with Gasteiger partial charge in [-0.15, -0.1) is 0 Å². The van der Waals surface area contributed by atoms with Gasteiger partial charge in [0.05, 0.1) is 11.9 Å². The van der Waals surface area contributed by atoms with Crippen molar-refractivity contribution in [2.75, 3.05) is 5.73 Å². The van der Waals surface area contributed by atoms with Crippen LogP contribution in [0.1, 0.15) is 38.4 Å². The summed E-state index contributed by atoms with van der Waals surface area (Å²) in [4.78, 5) is 4.41. The van der Waals surface area contributed by atoms with E-state index in [9.17, 15) is 0 Å². The van der Waals surface area contributed by atoms with Crippen LogP contribution in [0.2, 0.25) is 0 Å². The number of hydrogen-bond donors (Lipinski definition) is 1. The summed E-state index contributed by atoms with van der Waals surface area (Å²) in [6.07, 6.45) is 5.28. The predicted molar refractivity (Wildman–Crippen MR) is 63.6 cm³/mol. The number of nitrogen functional groups attached to an aromatic ring is 1. The van der Waals surface area contributed by atoms with E-state index in [1.165, 1.54) is 17.7 Å². The van der Waals surface area contributed by atoms with Gasteiger partial charge in [-0.1, -0.05) is 20.8 Å². The van der Waals surface area contributed by atoms with E-state index in [-0.39, 0.29) is 0 Å². The average molecular weight is 204 g/mol. The second kappa shape index (κ2) is 3.51. The number of rotatable bonds is 0. The largest absolute Gasteiger partial charge is 0.397 e. The van der Waals surface area contributed by atoms with Gasteiger partial charge in [0.1, 0.15) is 0 Å². The van der Waals surface area contributed by atoms with Crippen molar-refractivity contribution in [1.82, 2.24) is 4.98 Å². The van der Waals surface area contributed by atoms with E-state index >= 15 is 0 Å². The van der Waals surface area contributed by atoms with Crippen LogP contribution in [-0.2, 0) is 12.8 Å². The van der Waals surface area contributed by atoms with Crippen LogP contribution in [0.25, 0.3) is 0 Å². The molecule has 0 amide bonds. The van der Waals surface area contributed by atoms with Gasteiger partial charge in [0.2, 0.25) is 0 Å². The third-order valence-electron chi connectivity index (χ3n) is 3.50. The summed E-state index contributed by atoms with van der Waals surface area (Å²) >= 11 is 0. The molecule has 1 atom stereocenters. The number of nitrogens with zero attached hydrogens (tertiary/aromatic N) is 1. The van der Waals surface area contributed by atoms with Gasteiger partial charge >= 0.3 is 0 Å². The minimum absolute atomic E-state index is 0.391. The first-order valence-electron chi connectivity index (χ1n) is 5.70. The first-order valence-corrected chi connectivity index (χ1v) is 5.70.